The van der Waals surface area contributed by atoms with Gasteiger partial charge in [0, 0.05) is 25.7 Å². The van der Waals surface area contributed by atoms with Crippen LogP contribution in [0.2, 0.25) is 0 Å². The van der Waals surface area contributed by atoms with Gasteiger partial charge in [0.05, 0.1) is 29.7 Å². The number of Topliss-reactive ketones (excluding diaryl/α,β-unsaturated/α-hetero) is 2. The van der Waals surface area contributed by atoms with E-state index in [1.807, 2.05) is 56.3 Å². The fourth-order valence-electron chi connectivity index (χ4n) is 5.51. The maximum Gasteiger partial charge on any atom is 0.168 e. The monoisotopic (exact) mass is 512 g/mol. The van der Waals surface area contributed by atoms with E-state index in [1.54, 1.807) is 19.2 Å². The van der Waals surface area contributed by atoms with Gasteiger partial charge in [-0.25, -0.2) is 4.99 Å². The Hall–Kier alpha value is -4.00. The molecule has 1 aromatic heterocycles. The standard InChI is InChI=1S/C31H32N2O5/c1-31(2)17-26(36)30-23(33-38-28(30)18-31)14-13-22(32-21-11-7-8-12-27(21)37-3)29-24(34)15-20(16-25(29)35)19-9-5-4-6-10-19/h4-12,20,34H,13-18H2,1-3H3. The molecule has 0 saturated carbocycles. The predicted molar refractivity (Wildman–Crippen MR) is 144 cm³/mol. The third kappa shape index (κ3) is 5.19. The van der Waals surface area contributed by atoms with Crippen LogP contribution in [0.15, 0.2) is 75.4 Å². The molecule has 0 amide bonds. The van der Waals surface area contributed by atoms with Crippen LogP contribution < -0.4 is 4.74 Å². The second kappa shape index (κ2) is 10.4. The molecule has 5 rings (SSSR count). The summed E-state index contributed by atoms with van der Waals surface area (Å²) in [5.74, 6) is 0.985. The van der Waals surface area contributed by atoms with E-state index < -0.39 is 0 Å². The zero-order valence-corrected chi connectivity index (χ0v) is 22.0. The molecule has 38 heavy (non-hydrogen) atoms. The summed E-state index contributed by atoms with van der Waals surface area (Å²) in [4.78, 5) is 31.2. The third-order valence-electron chi connectivity index (χ3n) is 7.33. The number of fused-ring (bicyclic) bond motifs is 1. The first-order valence-corrected chi connectivity index (χ1v) is 13.0. The van der Waals surface area contributed by atoms with Crippen molar-refractivity contribution in [2.24, 2.45) is 10.4 Å². The van der Waals surface area contributed by atoms with Gasteiger partial charge in [-0.05, 0) is 41.9 Å². The van der Waals surface area contributed by atoms with Crippen molar-refractivity contribution >= 4 is 23.0 Å². The van der Waals surface area contributed by atoms with Crippen LogP contribution in [0.25, 0.3) is 0 Å². The van der Waals surface area contributed by atoms with E-state index in [0.29, 0.717) is 66.3 Å². The number of para-hydroxylation sites is 2. The number of carbonyl (C=O) groups is 2. The highest BCUT2D eigenvalue weighted by Crippen LogP contribution is 2.38. The predicted octanol–water partition coefficient (Wildman–Crippen LogP) is 6.50. The number of ether oxygens (including phenoxy) is 1. The summed E-state index contributed by atoms with van der Waals surface area (Å²) in [7, 11) is 1.57. The quantitative estimate of drug-likeness (QED) is 0.363. The first-order chi connectivity index (χ1) is 18.3. The SMILES string of the molecule is COc1ccccc1N=C(CCc1noc2c1C(=O)CC(C)(C)C2)C1=C(O)CC(c2ccccc2)CC1=O. The van der Waals surface area contributed by atoms with Gasteiger partial charge in [-0.2, -0.15) is 0 Å². The molecule has 0 saturated heterocycles. The van der Waals surface area contributed by atoms with E-state index in [-0.39, 0.29) is 40.7 Å². The smallest absolute Gasteiger partial charge is 0.168 e. The lowest BCUT2D eigenvalue weighted by Gasteiger charge is -2.26. The van der Waals surface area contributed by atoms with Crippen LogP contribution in [0.1, 0.15) is 72.8 Å². The summed E-state index contributed by atoms with van der Waals surface area (Å²) in [5.41, 5.74) is 3.22. The molecule has 2 aromatic carbocycles. The van der Waals surface area contributed by atoms with Crippen molar-refractivity contribution < 1.29 is 24.0 Å². The Morgan fingerprint density at radius 3 is 2.53 bits per heavy atom. The lowest BCUT2D eigenvalue weighted by atomic mass is 9.75. The number of nitrogens with zero attached hydrogens (tertiary/aromatic N) is 2. The largest absolute Gasteiger partial charge is 0.511 e. The van der Waals surface area contributed by atoms with Gasteiger partial charge in [0.15, 0.2) is 11.6 Å². The number of aliphatic hydroxyl groups excluding tert-OH is 1. The van der Waals surface area contributed by atoms with Crippen LogP contribution in [0.3, 0.4) is 0 Å². The zero-order valence-electron chi connectivity index (χ0n) is 22.0. The number of allylic oxidation sites excluding steroid dienone is 2. The molecule has 0 fully saturated rings. The summed E-state index contributed by atoms with van der Waals surface area (Å²) in [6.07, 6.45) is 2.36. The van der Waals surface area contributed by atoms with Crippen LogP contribution in [0, 0.1) is 5.41 Å². The van der Waals surface area contributed by atoms with Gasteiger partial charge in [0.2, 0.25) is 0 Å². The first-order valence-electron chi connectivity index (χ1n) is 13.0. The maximum atomic E-state index is 13.5. The molecular weight excluding hydrogens is 480 g/mol. The second-order valence-electron chi connectivity index (χ2n) is 10.9. The number of aryl methyl sites for hydroxylation is 1. The Labute approximate surface area is 222 Å². The number of ketones is 2. The first kappa shape index (κ1) is 25.6. The second-order valence-corrected chi connectivity index (χ2v) is 10.9. The fourth-order valence-corrected chi connectivity index (χ4v) is 5.51. The highest BCUT2D eigenvalue weighted by molar-refractivity contribution is 6.24. The number of aliphatic hydroxyl groups is 1. The van der Waals surface area contributed by atoms with Crippen LogP contribution in [-0.4, -0.2) is 34.7 Å². The molecule has 196 valence electrons. The van der Waals surface area contributed by atoms with Crippen LogP contribution in [0.5, 0.6) is 5.75 Å². The highest BCUT2D eigenvalue weighted by atomic mass is 16.5. The molecule has 1 atom stereocenters. The molecular formula is C31H32N2O5. The fraction of sp³-hybridized carbons (Fsp3) is 0.355. The summed E-state index contributed by atoms with van der Waals surface area (Å²) in [5, 5.41) is 15.4. The average molecular weight is 513 g/mol. The van der Waals surface area contributed by atoms with Crippen molar-refractivity contribution in [2.75, 3.05) is 7.11 Å². The molecule has 7 nitrogen and oxygen atoms in total. The van der Waals surface area contributed by atoms with E-state index in [1.165, 1.54) is 0 Å². The lowest BCUT2D eigenvalue weighted by Crippen LogP contribution is -2.27. The number of aliphatic imine (C=N–C) groups is 1. The number of carbonyl (C=O) groups excluding carboxylic acids is 2. The van der Waals surface area contributed by atoms with Crippen molar-refractivity contribution in [2.45, 2.75) is 58.3 Å². The van der Waals surface area contributed by atoms with Gasteiger partial charge in [0.25, 0.3) is 0 Å². The van der Waals surface area contributed by atoms with Crippen molar-refractivity contribution in [1.29, 1.82) is 0 Å². The Morgan fingerprint density at radius 2 is 1.79 bits per heavy atom. The molecule has 1 heterocycles. The average Bonchev–Trinajstić information content (AvgIpc) is 3.29. The molecule has 7 heteroatoms. The van der Waals surface area contributed by atoms with E-state index in [9.17, 15) is 14.7 Å². The van der Waals surface area contributed by atoms with Crippen LogP contribution in [-0.2, 0) is 17.6 Å². The summed E-state index contributed by atoms with van der Waals surface area (Å²) in [6, 6.07) is 17.1. The number of hydrogen-bond donors (Lipinski definition) is 1. The van der Waals surface area contributed by atoms with Gasteiger partial charge in [-0.15, -0.1) is 0 Å². The summed E-state index contributed by atoms with van der Waals surface area (Å²) < 4.78 is 11.0. The zero-order chi connectivity index (χ0) is 26.9. The summed E-state index contributed by atoms with van der Waals surface area (Å²) in [6.45, 7) is 4.08. The molecule has 0 spiro atoms. The van der Waals surface area contributed by atoms with E-state index in [2.05, 4.69) is 5.16 Å². The topological polar surface area (TPSA) is 102 Å². The Balaban J connectivity index is 1.49. The minimum absolute atomic E-state index is 0.0252. The highest BCUT2D eigenvalue weighted by Gasteiger charge is 2.37. The Morgan fingerprint density at radius 1 is 1.05 bits per heavy atom. The van der Waals surface area contributed by atoms with Gasteiger partial charge in [-0.3, -0.25) is 9.59 Å². The van der Waals surface area contributed by atoms with Crippen molar-refractivity contribution in [3.05, 3.63) is 88.5 Å². The van der Waals surface area contributed by atoms with Crippen molar-refractivity contribution in [1.82, 2.24) is 5.16 Å². The van der Waals surface area contributed by atoms with Gasteiger partial charge in [0.1, 0.15) is 23.0 Å². The molecule has 0 radical (unpaired) electrons. The van der Waals surface area contributed by atoms with Crippen molar-refractivity contribution in [3.63, 3.8) is 0 Å². The van der Waals surface area contributed by atoms with Gasteiger partial charge >= 0.3 is 0 Å². The number of methoxy groups -OCH3 is 1. The molecule has 0 bridgehead atoms. The van der Waals surface area contributed by atoms with Crippen LogP contribution >= 0.6 is 0 Å². The molecule has 2 aliphatic carbocycles. The third-order valence-corrected chi connectivity index (χ3v) is 7.33. The number of benzene rings is 2. The van der Waals surface area contributed by atoms with Crippen molar-refractivity contribution in [3.8, 4) is 5.75 Å². The minimum Gasteiger partial charge on any atom is -0.511 e. The van der Waals surface area contributed by atoms with Gasteiger partial charge < -0.3 is 14.4 Å². The molecule has 1 N–H and O–H groups in total. The number of hydrogen-bond acceptors (Lipinski definition) is 7. The van der Waals surface area contributed by atoms with E-state index in [0.717, 1.165) is 5.56 Å². The normalized spacial score (nSPS) is 19.4. The summed E-state index contributed by atoms with van der Waals surface area (Å²) >= 11 is 0. The van der Waals surface area contributed by atoms with E-state index in [4.69, 9.17) is 14.3 Å². The maximum absolute atomic E-state index is 13.5. The minimum atomic E-state index is -0.169. The Kier molecular flexibility index (Phi) is 7.02. The molecule has 1 unspecified atom stereocenters. The number of rotatable bonds is 7. The number of aromatic nitrogens is 1. The van der Waals surface area contributed by atoms with Crippen LogP contribution in [0.4, 0.5) is 5.69 Å². The van der Waals surface area contributed by atoms with E-state index >= 15 is 0 Å². The van der Waals surface area contributed by atoms with Gasteiger partial charge in [-0.1, -0.05) is 61.5 Å². The molecule has 0 aliphatic heterocycles. The lowest BCUT2D eigenvalue weighted by molar-refractivity contribution is -0.116. The molecule has 3 aromatic rings. The molecule has 2 aliphatic rings. The Bertz CT molecular complexity index is 1430.